The van der Waals surface area contributed by atoms with Gasteiger partial charge in [0, 0.05) is 11.1 Å². The van der Waals surface area contributed by atoms with Crippen molar-refractivity contribution in [1.29, 1.82) is 0 Å². The van der Waals surface area contributed by atoms with Crippen molar-refractivity contribution in [2.45, 2.75) is 19.4 Å². The fraction of sp³-hybridized carbons (Fsp3) is 0.385. The summed E-state index contributed by atoms with van der Waals surface area (Å²) in [5.74, 6) is -1.51. The number of carbonyl (C=O) groups excluding carboxylic acids is 1. The van der Waals surface area contributed by atoms with Gasteiger partial charge in [-0.3, -0.25) is 4.79 Å². The Balaban J connectivity index is 2.20. The highest BCUT2D eigenvalue weighted by molar-refractivity contribution is 9.10. The van der Waals surface area contributed by atoms with Gasteiger partial charge >= 0.3 is 5.97 Å². The number of amides is 1. The number of rotatable bonds is 3. The number of hydrogen-bond donors (Lipinski definition) is 2. The zero-order valence-corrected chi connectivity index (χ0v) is 11.9. The van der Waals surface area contributed by atoms with E-state index in [2.05, 4.69) is 21.2 Å². The van der Waals surface area contributed by atoms with Gasteiger partial charge in [0.1, 0.15) is 0 Å². The minimum Gasteiger partial charge on any atom is -0.478 e. The molecule has 1 aliphatic heterocycles. The summed E-state index contributed by atoms with van der Waals surface area (Å²) >= 11 is 3.26. The standard InChI is InChI=1S/C13H14BrNO4/c1-7-9(4-5-19-7)12(16)15-11-6-8(14)2-3-10(11)13(17)18/h2-3,6-7,9H,4-5H2,1H3,(H,15,16)(H,17,18). The maximum absolute atomic E-state index is 12.1. The number of nitrogens with one attached hydrogen (secondary N) is 1. The Morgan fingerprint density at radius 3 is 2.79 bits per heavy atom. The maximum atomic E-state index is 12.1. The highest BCUT2D eigenvalue weighted by Gasteiger charge is 2.31. The van der Waals surface area contributed by atoms with Crippen LogP contribution in [0.3, 0.4) is 0 Å². The normalized spacial score (nSPS) is 22.2. The van der Waals surface area contributed by atoms with Crippen LogP contribution in [0, 0.1) is 5.92 Å². The highest BCUT2D eigenvalue weighted by atomic mass is 79.9. The van der Waals surface area contributed by atoms with Crippen LogP contribution in [0.5, 0.6) is 0 Å². The zero-order valence-electron chi connectivity index (χ0n) is 10.4. The molecule has 2 N–H and O–H groups in total. The van der Waals surface area contributed by atoms with E-state index in [1.54, 1.807) is 12.1 Å². The zero-order chi connectivity index (χ0) is 14.0. The van der Waals surface area contributed by atoms with Gasteiger partial charge < -0.3 is 15.2 Å². The SMILES string of the molecule is CC1OCCC1C(=O)Nc1cc(Br)ccc1C(=O)O. The molecule has 2 atom stereocenters. The molecule has 1 aliphatic rings. The number of carbonyl (C=O) groups is 2. The monoisotopic (exact) mass is 327 g/mol. The van der Waals surface area contributed by atoms with Crippen LogP contribution in [0.25, 0.3) is 0 Å². The van der Waals surface area contributed by atoms with Crippen LogP contribution in [-0.4, -0.2) is 29.7 Å². The van der Waals surface area contributed by atoms with Gasteiger partial charge in [0.15, 0.2) is 0 Å². The van der Waals surface area contributed by atoms with Crippen LogP contribution < -0.4 is 5.32 Å². The van der Waals surface area contributed by atoms with E-state index in [0.717, 1.165) is 0 Å². The molecule has 1 saturated heterocycles. The van der Waals surface area contributed by atoms with Gasteiger partial charge in [0.05, 0.1) is 23.3 Å². The first-order valence-electron chi connectivity index (χ1n) is 5.94. The molecule has 2 unspecified atom stereocenters. The van der Waals surface area contributed by atoms with E-state index in [4.69, 9.17) is 9.84 Å². The number of halogens is 1. The Bertz CT molecular complexity index is 517. The van der Waals surface area contributed by atoms with E-state index in [9.17, 15) is 9.59 Å². The molecule has 0 aromatic heterocycles. The van der Waals surface area contributed by atoms with Crippen LogP contribution >= 0.6 is 15.9 Å². The predicted molar refractivity (Wildman–Crippen MR) is 73.3 cm³/mol. The maximum Gasteiger partial charge on any atom is 0.337 e. The van der Waals surface area contributed by atoms with Gasteiger partial charge in [-0.15, -0.1) is 0 Å². The van der Waals surface area contributed by atoms with Crippen molar-refractivity contribution in [3.05, 3.63) is 28.2 Å². The smallest absolute Gasteiger partial charge is 0.337 e. The number of hydrogen-bond acceptors (Lipinski definition) is 3. The van der Waals surface area contributed by atoms with Crippen LogP contribution in [0.15, 0.2) is 22.7 Å². The third-order valence-corrected chi connectivity index (χ3v) is 3.68. The lowest BCUT2D eigenvalue weighted by Crippen LogP contribution is -2.28. The van der Waals surface area contributed by atoms with E-state index < -0.39 is 5.97 Å². The largest absolute Gasteiger partial charge is 0.478 e. The molecule has 2 rings (SSSR count). The lowest BCUT2D eigenvalue weighted by Gasteiger charge is -2.15. The van der Waals surface area contributed by atoms with Crippen LogP contribution in [-0.2, 0) is 9.53 Å². The lowest BCUT2D eigenvalue weighted by molar-refractivity contribution is -0.121. The number of carboxylic acids is 1. The van der Waals surface area contributed by atoms with Crippen molar-refractivity contribution in [3.63, 3.8) is 0 Å². The van der Waals surface area contributed by atoms with Crippen LogP contribution in [0.4, 0.5) is 5.69 Å². The summed E-state index contributed by atoms with van der Waals surface area (Å²) in [6, 6.07) is 4.67. The van der Waals surface area contributed by atoms with E-state index in [1.165, 1.54) is 6.07 Å². The van der Waals surface area contributed by atoms with Gasteiger partial charge in [0.25, 0.3) is 0 Å². The van der Waals surface area contributed by atoms with E-state index >= 15 is 0 Å². The number of benzene rings is 1. The summed E-state index contributed by atoms with van der Waals surface area (Å²) in [4.78, 5) is 23.2. The van der Waals surface area contributed by atoms with Crippen LogP contribution in [0.1, 0.15) is 23.7 Å². The minimum absolute atomic E-state index is 0.0723. The van der Waals surface area contributed by atoms with Crippen molar-refractivity contribution in [1.82, 2.24) is 0 Å². The molecule has 0 spiro atoms. The van der Waals surface area contributed by atoms with Gasteiger partial charge in [-0.1, -0.05) is 15.9 Å². The second-order valence-corrected chi connectivity index (χ2v) is 5.37. The van der Waals surface area contributed by atoms with Gasteiger partial charge in [0.2, 0.25) is 5.91 Å². The molecule has 1 heterocycles. The van der Waals surface area contributed by atoms with Crippen molar-refractivity contribution >= 4 is 33.5 Å². The Kier molecular flexibility index (Phi) is 4.21. The molecule has 0 bridgehead atoms. The summed E-state index contributed by atoms with van der Waals surface area (Å²) in [5.41, 5.74) is 0.370. The Morgan fingerprint density at radius 1 is 1.47 bits per heavy atom. The number of anilines is 1. The summed E-state index contributed by atoms with van der Waals surface area (Å²) < 4.78 is 6.05. The number of aromatic carboxylic acids is 1. The minimum atomic E-state index is -1.07. The second kappa shape index (κ2) is 5.71. The van der Waals surface area contributed by atoms with Crippen molar-refractivity contribution in [2.75, 3.05) is 11.9 Å². The number of carboxylic acid groups (broad SMARTS) is 1. The summed E-state index contributed by atoms with van der Waals surface area (Å²) in [5, 5.41) is 11.8. The molecular weight excluding hydrogens is 314 g/mol. The topological polar surface area (TPSA) is 75.6 Å². The lowest BCUT2D eigenvalue weighted by atomic mass is 10.0. The van der Waals surface area contributed by atoms with E-state index in [0.29, 0.717) is 23.2 Å². The molecule has 102 valence electrons. The Hall–Kier alpha value is -1.40. The van der Waals surface area contributed by atoms with Gasteiger partial charge in [-0.25, -0.2) is 4.79 Å². The summed E-state index contributed by atoms with van der Waals surface area (Å²) in [6.45, 7) is 2.40. The average molecular weight is 328 g/mol. The molecule has 0 radical (unpaired) electrons. The molecule has 5 nitrogen and oxygen atoms in total. The molecule has 1 aromatic carbocycles. The second-order valence-electron chi connectivity index (χ2n) is 4.46. The third-order valence-electron chi connectivity index (χ3n) is 3.18. The predicted octanol–water partition coefficient (Wildman–Crippen LogP) is 2.51. The fourth-order valence-corrected chi connectivity index (χ4v) is 2.47. The Morgan fingerprint density at radius 2 is 2.21 bits per heavy atom. The third kappa shape index (κ3) is 3.13. The number of ether oxygens (including phenoxy) is 1. The Labute approximate surface area is 119 Å². The van der Waals surface area contributed by atoms with Crippen molar-refractivity contribution < 1.29 is 19.4 Å². The molecule has 0 aliphatic carbocycles. The summed E-state index contributed by atoms with van der Waals surface area (Å²) in [6.07, 6.45) is 0.518. The molecule has 6 heteroatoms. The molecule has 1 fully saturated rings. The molecule has 19 heavy (non-hydrogen) atoms. The quantitative estimate of drug-likeness (QED) is 0.894. The van der Waals surface area contributed by atoms with Crippen molar-refractivity contribution in [2.24, 2.45) is 5.92 Å². The van der Waals surface area contributed by atoms with E-state index in [-0.39, 0.29) is 23.5 Å². The molecule has 1 amide bonds. The highest BCUT2D eigenvalue weighted by Crippen LogP contribution is 2.25. The van der Waals surface area contributed by atoms with Crippen molar-refractivity contribution in [3.8, 4) is 0 Å². The molecule has 1 aromatic rings. The first-order valence-corrected chi connectivity index (χ1v) is 6.73. The summed E-state index contributed by atoms with van der Waals surface area (Å²) in [7, 11) is 0. The van der Waals surface area contributed by atoms with Gasteiger partial charge in [-0.05, 0) is 31.5 Å². The van der Waals surface area contributed by atoms with Gasteiger partial charge in [-0.2, -0.15) is 0 Å². The average Bonchev–Trinajstić information content (AvgIpc) is 2.75. The first kappa shape index (κ1) is 14.0. The molecular formula is C13H14BrNO4. The van der Waals surface area contributed by atoms with Crippen LogP contribution in [0.2, 0.25) is 0 Å². The fourth-order valence-electron chi connectivity index (χ4n) is 2.11. The first-order chi connectivity index (χ1) is 8.99. The van der Waals surface area contributed by atoms with E-state index in [1.807, 2.05) is 6.92 Å². The molecule has 0 saturated carbocycles.